The lowest BCUT2D eigenvalue weighted by molar-refractivity contribution is 0.102. The van der Waals surface area contributed by atoms with Gasteiger partial charge in [0.15, 0.2) is 0 Å². The summed E-state index contributed by atoms with van der Waals surface area (Å²) in [5.41, 5.74) is 5.77. The van der Waals surface area contributed by atoms with Crippen LogP contribution in [0.25, 0.3) is 22.2 Å². The molecule has 0 radical (unpaired) electrons. The maximum absolute atomic E-state index is 13.2. The fourth-order valence-corrected chi connectivity index (χ4v) is 4.28. The lowest BCUT2D eigenvalue weighted by Gasteiger charge is -2.11. The number of rotatable bonds is 6. The second kappa shape index (κ2) is 9.45. The Kier molecular flexibility index (Phi) is 6.06. The fourth-order valence-electron chi connectivity index (χ4n) is 4.06. The van der Waals surface area contributed by atoms with E-state index >= 15 is 0 Å². The highest BCUT2D eigenvalue weighted by Crippen LogP contribution is 2.29. The molecule has 34 heavy (non-hydrogen) atoms. The molecular weight excluding hydrogens is 446 g/mol. The summed E-state index contributed by atoms with van der Waals surface area (Å²) in [6.07, 6.45) is 6.46. The first-order valence-corrected chi connectivity index (χ1v) is 11.3. The summed E-state index contributed by atoms with van der Waals surface area (Å²) in [7, 11) is 1.82. The van der Waals surface area contributed by atoms with E-state index in [1.807, 2.05) is 73.8 Å². The highest BCUT2D eigenvalue weighted by molar-refractivity contribution is 6.30. The van der Waals surface area contributed by atoms with Crippen LogP contribution in [0.15, 0.2) is 85.3 Å². The van der Waals surface area contributed by atoms with Crippen molar-refractivity contribution in [1.82, 2.24) is 19.7 Å². The number of anilines is 1. The molecule has 1 N–H and O–H groups in total. The SMILES string of the molecule is Cn1nc(-c2cccnc2)c(CCc2ccccc2C(=O)Nc2cnc3ccccc3c2)c1Cl. The number of amides is 1. The smallest absolute Gasteiger partial charge is 0.255 e. The normalized spacial score (nSPS) is 11.0. The summed E-state index contributed by atoms with van der Waals surface area (Å²) in [6, 6.07) is 21.2. The van der Waals surface area contributed by atoms with Gasteiger partial charge in [0, 0.05) is 41.5 Å². The zero-order valence-electron chi connectivity index (χ0n) is 18.6. The number of nitrogens with one attached hydrogen (secondary N) is 1. The molecule has 3 aromatic heterocycles. The number of carbonyl (C=O) groups excluding carboxylic acids is 1. The van der Waals surface area contributed by atoms with Gasteiger partial charge in [-0.3, -0.25) is 19.4 Å². The van der Waals surface area contributed by atoms with Crippen molar-refractivity contribution < 1.29 is 4.79 Å². The molecule has 5 aromatic rings. The van der Waals surface area contributed by atoms with Gasteiger partial charge in [0.2, 0.25) is 0 Å². The number of aromatic nitrogens is 4. The van der Waals surface area contributed by atoms with Crippen LogP contribution in [-0.2, 0) is 19.9 Å². The second-order valence-electron chi connectivity index (χ2n) is 8.01. The minimum atomic E-state index is -0.169. The Hall–Kier alpha value is -4.03. The Labute approximate surface area is 202 Å². The van der Waals surface area contributed by atoms with Gasteiger partial charge in [-0.05, 0) is 48.7 Å². The van der Waals surface area contributed by atoms with Gasteiger partial charge >= 0.3 is 0 Å². The molecule has 5 rings (SSSR count). The van der Waals surface area contributed by atoms with E-state index in [-0.39, 0.29) is 5.91 Å². The first kappa shape index (κ1) is 21.8. The third-order valence-corrected chi connectivity index (χ3v) is 6.23. The first-order chi connectivity index (χ1) is 16.6. The Morgan fingerprint density at radius 2 is 1.82 bits per heavy atom. The van der Waals surface area contributed by atoms with Crippen LogP contribution in [0.2, 0.25) is 5.15 Å². The third kappa shape index (κ3) is 4.40. The van der Waals surface area contributed by atoms with Crippen molar-refractivity contribution in [2.75, 3.05) is 5.32 Å². The van der Waals surface area contributed by atoms with Gasteiger partial charge in [-0.25, -0.2) is 0 Å². The van der Waals surface area contributed by atoms with E-state index in [0.29, 0.717) is 29.2 Å². The van der Waals surface area contributed by atoms with Crippen molar-refractivity contribution in [2.24, 2.45) is 7.05 Å². The van der Waals surface area contributed by atoms with Crippen molar-refractivity contribution in [3.8, 4) is 11.3 Å². The molecule has 0 saturated carbocycles. The number of benzene rings is 2. The lowest BCUT2D eigenvalue weighted by Crippen LogP contribution is -2.14. The standard InChI is InChI=1S/C27H22ClN5O/c1-33-26(28)23(25(32-33)20-9-6-14-29-16-20)13-12-18-7-2-4-10-22(18)27(34)31-21-15-19-8-3-5-11-24(19)30-17-21/h2-11,14-17H,12-13H2,1H3,(H,31,34). The summed E-state index contributed by atoms with van der Waals surface area (Å²) < 4.78 is 1.67. The number of nitrogens with zero attached hydrogens (tertiary/aromatic N) is 4. The van der Waals surface area contributed by atoms with Crippen molar-refractivity contribution in [1.29, 1.82) is 0 Å². The molecule has 1 amide bonds. The Morgan fingerprint density at radius 3 is 2.68 bits per heavy atom. The molecule has 0 fully saturated rings. The molecule has 0 saturated heterocycles. The average Bonchev–Trinajstić information content (AvgIpc) is 3.16. The molecular formula is C27H22ClN5O. The fraction of sp³-hybridized carbons (Fsp3) is 0.111. The number of para-hydroxylation sites is 1. The molecule has 3 heterocycles. The van der Waals surface area contributed by atoms with E-state index in [0.717, 1.165) is 33.3 Å². The number of fused-ring (bicyclic) bond motifs is 1. The molecule has 6 nitrogen and oxygen atoms in total. The van der Waals surface area contributed by atoms with E-state index in [2.05, 4.69) is 20.4 Å². The van der Waals surface area contributed by atoms with Crippen LogP contribution in [0.4, 0.5) is 5.69 Å². The minimum Gasteiger partial charge on any atom is -0.321 e. The lowest BCUT2D eigenvalue weighted by atomic mass is 9.98. The molecule has 0 spiro atoms. The maximum Gasteiger partial charge on any atom is 0.255 e. The van der Waals surface area contributed by atoms with Crippen LogP contribution in [0, 0.1) is 0 Å². The second-order valence-corrected chi connectivity index (χ2v) is 8.37. The topological polar surface area (TPSA) is 72.7 Å². The Bertz CT molecular complexity index is 1480. The van der Waals surface area contributed by atoms with E-state index in [1.165, 1.54) is 0 Å². The van der Waals surface area contributed by atoms with Crippen molar-refractivity contribution in [3.05, 3.63) is 107 Å². The van der Waals surface area contributed by atoms with Crippen LogP contribution in [-0.4, -0.2) is 25.7 Å². The Balaban J connectivity index is 1.38. The number of aryl methyl sites for hydroxylation is 2. The van der Waals surface area contributed by atoms with Crippen LogP contribution >= 0.6 is 11.6 Å². The van der Waals surface area contributed by atoms with Gasteiger partial charge in [0.25, 0.3) is 5.91 Å². The molecule has 0 unspecified atom stereocenters. The Morgan fingerprint density at radius 1 is 1.00 bits per heavy atom. The van der Waals surface area contributed by atoms with Gasteiger partial charge in [0.05, 0.1) is 23.1 Å². The molecule has 0 aliphatic carbocycles. The van der Waals surface area contributed by atoms with E-state index in [9.17, 15) is 4.79 Å². The first-order valence-electron chi connectivity index (χ1n) is 11.0. The molecule has 2 aromatic carbocycles. The highest BCUT2D eigenvalue weighted by Gasteiger charge is 2.18. The summed E-state index contributed by atoms with van der Waals surface area (Å²) in [4.78, 5) is 21.8. The molecule has 7 heteroatoms. The summed E-state index contributed by atoms with van der Waals surface area (Å²) in [5.74, 6) is -0.169. The quantitative estimate of drug-likeness (QED) is 0.346. The number of hydrogen-bond donors (Lipinski definition) is 1. The number of pyridine rings is 2. The average molecular weight is 468 g/mol. The van der Waals surface area contributed by atoms with Crippen LogP contribution < -0.4 is 5.32 Å². The molecule has 0 atom stereocenters. The molecule has 0 aliphatic heterocycles. The zero-order chi connectivity index (χ0) is 23.5. The predicted octanol–water partition coefficient (Wildman–Crippen LogP) is 5.72. The third-order valence-electron chi connectivity index (χ3n) is 5.76. The van der Waals surface area contributed by atoms with Crippen molar-refractivity contribution >= 4 is 34.1 Å². The van der Waals surface area contributed by atoms with Crippen LogP contribution in [0.5, 0.6) is 0 Å². The maximum atomic E-state index is 13.2. The highest BCUT2D eigenvalue weighted by atomic mass is 35.5. The van der Waals surface area contributed by atoms with Crippen molar-refractivity contribution in [3.63, 3.8) is 0 Å². The molecule has 168 valence electrons. The van der Waals surface area contributed by atoms with E-state index in [1.54, 1.807) is 23.3 Å². The number of carbonyl (C=O) groups is 1. The summed E-state index contributed by atoms with van der Waals surface area (Å²) in [6.45, 7) is 0. The zero-order valence-corrected chi connectivity index (χ0v) is 19.3. The number of hydrogen-bond acceptors (Lipinski definition) is 4. The van der Waals surface area contributed by atoms with E-state index < -0.39 is 0 Å². The largest absolute Gasteiger partial charge is 0.321 e. The van der Waals surface area contributed by atoms with E-state index in [4.69, 9.17) is 11.6 Å². The van der Waals surface area contributed by atoms with Gasteiger partial charge < -0.3 is 5.32 Å². The summed E-state index contributed by atoms with van der Waals surface area (Å²) >= 11 is 6.58. The molecule has 0 aliphatic rings. The number of halogens is 1. The monoisotopic (exact) mass is 467 g/mol. The van der Waals surface area contributed by atoms with Gasteiger partial charge in [0.1, 0.15) is 5.15 Å². The van der Waals surface area contributed by atoms with Crippen LogP contribution in [0.1, 0.15) is 21.5 Å². The predicted molar refractivity (Wildman–Crippen MR) is 135 cm³/mol. The summed E-state index contributed by atoms with van der Waals surface area (Å²) in [5, 5.41) is 9.14. The van der Waals surface area contributed by atoms with Gasteiger partial charge in [-0.2, -0.15) is 5.10 Å². The van der Waals surface area contributed by atoms with Crippen molar-refractivity contribution in [2.45, 2.75) is 12.8 Å². The van der Waals surface area contributed by atoms with Gasteiger partial charge in [-0.1, -0.05) is 48.0 Å². The minimum absolute atomic E-state index is 0.169. The van der Waals surface area contributed by atoms with Gasteiger partial charge in [-0.15, -0.1) is 0 Å². The van der Waals surface area contributed by atoms with Crippen LogP contribution in [0.3, 0.4) is 0 Å². The molecule has 0 bridgehead atoms.